The first kappa shape index (κ1) is 13.5. The second-order valence-corrected chi connectivity index (χ2v) is 5.65. The molecule has 6 heteroatoms. The lowest BCUT2D eigenvalue weighted by atomic mass is 10.2. The van der Waals surface area contributed by atoms with Crippen LogP contribution in [-0.4, -0.2) is 20.1 Å². The fourth-order valence-electron chi connectivity index (χ4n) is 1.65. The monoisotopic (exact) mass is 279 g/mol. The molecule has 19 heavy (non-hydrogen) atoms. The molecule has 0 unspecified atom stereocenters. The Morgan fingerprint density at radius 2 is 1.84 bits per heavy atom. The summed E-state index contributed by atoms with van der Waals surface area (Å²) in [7, 11) is -2.76. The molecule has 100 valence electrons. The molecule has 0 atom stereocenters. The molecule has 1 heterocycles. The summed E-state index contributed by atoms with van der Waals surface area (Å²) in [5.41, 5.74) is 0.578. The third-order valence-corrected chi connectivity index (χ3v) is 3.94. The van der Waals surface area contributed by atoms with Crippen molar-refractivity contribution in [1.82, 2.24) is 4.57 Å². The smallest absolute Gasteiger partial charge is 0.296 e. The fraction of sp³-hybridized carbons (Fsp3) is 0.154. The molecule has 0 saturated carbocycles. The van der Waals surface area contributed by atoms with Crippen molar-refractivity contribution in [3.05, 3.63) is 64.6 Å². The Kier molecular flexibility index (Phi) is 3.82. The van der Waals surface area contributed by atoms with Crippen molar-refractivity contribution in [3.8, 4) is 0 Å². The minimum atomic E-state index is -3.82. The van der Waals surface area contributed by atoms with Crippen molar-refractivity contribution < 1.29 is 12.6 Å². The van der Waals surface area contributed by atoms with E-state index in [1.165, 1.54) is 16.8 Å². The van der Waals surface area contributed by atoms with Gasteiger partial charge >= 0.3 is 0 Å². The number of hydrogen-bond acceptors (Lipinski definition) is 4. The summed E-state index contributed by atoms with van der Waals surface area (Å²) in [5, 5.41) is 0. The predicted octanol–water partition coefficient (Wildman–Crippen LogP) is 1.23. The van der Waals surface area contributed by atoms with Crippen LogP contribution in [0.2, 0.25) is 0 Å². The first-order valence-electron chi connectivity index (χ1n) is 5.58. The van der Waals surface area contributed by atoms with Gasteiger partial charge in [-0.1, -0.05) is 30.3 Å². The molecule has 0 aliphatic rings. The Morgan fingerprint density at radius 3 is 2.42 bits per heavy atom. The predicted molar refractivity (Wildman–Crippen MR) is 70.4 cm³/mol. The first-order valence-corrected chi connectivity index (χ1v) is 6.99. The number of hydrogen-bond donors (Lipinski definition) is 0. The highest BCUT2D eigenvalue weighted by molar-refractivity contribution is 7.86. The van der Waals surface area contributed by atoms with Gasteiger partial charge in [-0.25, -0.2) is 0 Å². The molecule has 0 saturated heterocycles. The van der Waals surface area contributed by atoms with Crippen LogP contribution in [0.1, 0.15) is 5.56 Å². The van der Waals surface area contributed by atoms with Crippen molar-refractivity contribution in [3.63, 3.8) is 0 Å². The first-order chi connectivity index (χ1) is 9.03. The number of nitrogens with zero attached hydrogens (tertiary/aromatic N) is 1. The van der Waals surface area contributed by atoms with E-state index in [1.807, 2.05) is 30.3 Å². The van der Waals surface area contributed by atoms with Crippen molar-refractivity contribution in [2.75, 3.05) is 7.11 Å². The van der Waals surface area contributed by atoms with Gasteiger partial charge in [-0.05, 0) is 11.6 Å². The minimum Gasteiger partial charge on any atom is -0.311 e. The maximum Gasteiger partial charge on any atom is 0.296 e. The SMILES string of the molecule is COS(=O)(=O)c1ccn(Cc2ccccc2)c(=O)c1. The Bertz CT molecular complexity index is 720. The van der Waals surface area contributed by atoms with Gasteiger partial charge in [-0.3, -0.25) is 8.98 Å². The van der Waals surface area contributed by atoms with E-state index in [1.54, 1.807) is 0 Å². The van der Waals surface area contributed by atoms with Gasteiger partial charge in [0.15, 0.2) is 0 Å². The summed E-state index contributed by atoms with van der Waals surface area (Å²) in [4.78, 5) is 11.7. The molecule has 5 nitrogen and oxygen atoms in total. The number of aromatic nitrogens is 1. The Labute approximate surface area is 111 Å². The highest BCUT2D eigenvalue weighted by Crippen LogP contribution is 2.08. The molecular formula is C13H13NO4S. The molecule has 0 bridgehead atoms. The van der Waals surface area contributed by atoms with Crippen molar-refractivity contribution in [2.45, 2.75) is 11.4 Å². The highest BCUT2D eigenvalue weighted by atomic mass is 32.2. The molecule has 0 aliphatic carbocycles. The average molecular weight is 279 g/mol. The quantitative estimate of drug-likeness (QED) is 0.790. The van der Waals surface area contributed by atoms with E-state index >= 15 is 0 Å². The topological polar surface area (TPSA) is 65.4 Å². The van der Waals surface area contributed by atoms with E-state index < -0.39 is 10.1 Å². The van der Waals surface area contributed by atoms with E-state index in [9.17, 15) is 13.2 Å². The normalized spacial score (nSPS) is 11.4. The standard InChI is InChI=1S/C13H13NO4S/c1-18-19(16,17)12-7-8-14(13(15)9-12)10-11-5-3-2-4-6-11/h2-9H,10H2,1H3. The van der Waals surface area contributed by atoms with Crippen molar-refractivity contribution in [2.24, 2.45) is 0 Å². The summed E-state index contributed by atoms with van der Waals surface area (Å²) < 4.78 is 28.7. The molecule has 2 rings (SSSR count). The van der Waals surface area contributed by atoms with E-state index in [0.717, 1.165) is 18.7 Å². The summed E-state index contributed by atoms with van der Waals surface area (Å²) in [6.45, 7) is 0.396. The van der Waals surface area contributed by atoms with Crippen LogP contribution in [0.3, 0.4) is 0 Å². The van der Waals surface area contributed by atoms with Crippen LogP contribution < -0.4 is 5.56 Å². The van der Waals surface area contributed by atoms with Crippen LogP contribution in [-0.2, 0) is 20.8 Å². The highest BCUT2D eigenvalue weighted by Gasteiger charge is 2.14. The zero-order valence-corrected chi connectivity index (χ0v) is 11.1. The van der Waals surface area contributed by atoms with Gasteiger partial charge in [-0.2, -0.15) is 8.42 Å². The lowest BCUT2D eigenvalue weighted by molar-refractivity contribution is 0.397. The number of pyridine rings is 1. The van der Waals surface area contributed by atoms with Crippen LogP contribution in [0.5, 0.6) is 0 Å². The van der Waals surface area contributed by atoms with Gasteiger partial charge in [0.05, 0.1) is 13.7 Å². The minimum absolute atomic E-state index is 0.135. The maximum absolute atomic E-state index is 11.8. The fourth-order valence-corrected chi connectivity index (χ4v) is 2.32. The van der Waals surface area contributed by atoms with E-state index in [2.05, 4.69) is 4.18 Å². The third kappa shape index (κ3) is 3.10. The molecule has 2 aromatic rings. The molecule has 1 aromatic carbocycles. The lowest BCUT2D eigenvalue weighted by Crippen LogP contribution is -2.21. The zero-order chi connectivity index (χ0) is 13.9. The summed E-state index contributed by atoms with van der Waals surface area (Å²) >= 11 is 0. The summed E-state index contributed by atoms with van der Waals surface area (Å²) in [6.07, 6.45) is 1.45. The summed E-state index contributed by atoms with van der Waals surface area (Å²) in [5.74, 6) is 0. The second-order valence-electron chi connectivity index (χ2n) is 3.93. The van der Waals surface area contributed by atoms with Crippen LogP contribution in [0.4, 0.5) is 0 Å². The zero-order valence-electron chi connectivity index (χ0n) is 10.3. The molecule has 1 aromatic heterocycles. The third-order valence-electron chi connectivity index (χ3n) is 2.67. The van der Waals surface area contributed by atoms with Gasteiger partial charge in [0.1, 0.15) is 4.90 Å². The van der Waals surface area contributed by atoms with Gasteiger partial charge in [0.2, 0.25) is 0 Å². The second kappa shape index (κ2) is 5.38. The largest absolute Gasteiger partial charge is 0.311 e. The van der Waals surface area contributed by atoms with E-state index in [0.29, 0.717) is 6.54 Å². The Hall–Kier alpha value is -1.92. The van der Waals surface area contributed by atoms with Crippen LogP contribution in [0.25, 0.3) is 0 Å². The number of benzene rings is 1. The number of rotatable bonds is 4. The molecule has 0 aliphatic heterocycles. The maximum atomic E-state index is 11.8. The molecule has 0 N–H and O–H groups in total. The van der Waals surface area contributed by atoms with Gasteiger partial charge in [0, 0.05) is 12.3 Å². The van der Waals surface area contributed by atoms with Gasteiger partial charge < -0.3 is 4.57 Å². The molecular weight excluding hydrogens is 266 g/mol. The van der Waals surface area contributed by atoms with Crippen LogP contribution in [0.15, 0.2) is 58.4 Å². The molecule has 0 amide bonds. The average Bonchev–Trinajstić information content (AvgIpc) is 2.42. The Balaban J connectivity index is 2.34. The van der Waals surface area contributed by atoms with Crippen molar-refractivity contribution >= 4 is 10.1 Å². The van der Waals surface area contributed by atoms with Gasteiger partial charge in [0.25, 0.3) is 15.7 Å². The van der Waals surface area contributed by atoms with Crippen LogP contribution >= 0.6 is 0 Å². The summed E-state index contributed by atoms with van der Waals surface area (Å²) in [6, 6.07) is 11.8. The van der Waals surface area contributed by atoms with Crippen LogP contribution in [0, 0.1) is 0 Å². The Morgan fingerprint density at radius 1 is 1.16 bits per heavy atom. The van der Waals surface area contributed by atoms with Gasteiger partial charge in [-0.15, -0.1) is 0 Å². The van der Waals surface area contributed by atoms with E-state index in [-0.39, 0.29) is 10.5 Å². The molecule has 0 fully saturated rings. The lowest BCUT2D eigenvalue weighted by Gasteiger charge is -2.07. The molecule has 0 spiro atoms. The molecule has 0 radical (unpaired) electrons. The van der Waals surface area contributed by atoms with E-state index in [4.69, 9.17) is 0 Å². The van der Waals surface area contributed by atoms with Crippen molar-refractivity contribution in [1.29, 1.82) is 0 Å².